The van der Waals surface area contributed by atoms with Crippen molar-refractivity contribution in [2.75, 3.05) is 0 Å². The molecule has 33 heavy (non-hydrogen) atoms. The third-order valence-electron chi connectivity index (χ3n) is 5.48. The molecule has 9 heteroatoms. The van der Waals surface area contributed by atoms with Gasteiger partial charge in [0.05, 0.1) is 7.05 Å². The molecule has 1 aromatic heterocycles. The molecule has 0 spiro atoms. The summed E-state index contributed by atoms with van der Waals surface area (Å²) in [5.41, 5.74) is -2.07. The summed E-state index contributed by atoms with van der Waals surface area (Å²) < 4.78 is 6.99. The van der Waals surface area contributed by atoms with Gasteiger partial charge in [-0.3, -0.25) is 13.9 Å². The third kappa shape index (κ3) is 3.90. The molecule has 1 unspecified atom stereocenters. The van der Waals surface area contributed by atoms with E-state index in [9.17, 15) is 20.0 Å². The van der Waals surface area contributed by atoms with Crippen LogP contribution in [0.5, 0.6) is 0 Å². The zero-order chi connectivity index (χ0) is 23.6. The van der Waals surface area contributed by atoms with E-state index in [1.807, 2.05) is 91.0 Å². The molecule has 0 radical (unpaired) electrons. The first-order chi connectivity index (χ1) is 15.9. The fourth-order valence-corrected chi connectivity index (χ4v) is 7.40. The summed E-state index contributed by atoms with van der Waals surface area (Å²) in [5.74, 6) is -0.152. The number of hydrogen-bond donors (Lipinski definition) is 2. The maximum Gasteiger partial charge on any atom is 0.332 e. The van der Waals surface area contributed by atoms with Crippen molar-refractivity contribution >= 4 is 34.5 Å². The molecule has 0 aliphatic rings. The molecule has 168 valence electrons. The Hall–Kier alpha value is -3.55. The number of quaternary nitrogens is 1. The van der Waals surface area contributed by atoms with Crippen LogP contribution in [0.3, 0.4) is 0 Å². The normalized spacial score (nSPS) is 12.4. The minimum Gasteiger partial charge on any atom is -0.595 e. The Morgan fingerprint density at radius 3 is 1.52 bits per heavy atom. The van der Waals surface area contributed by atoms with Gasteiger partial charge in [0.25, 0.3) is 5.69 Å². The third-order valence-corrected chi connectivity index (χ3v) is 9.11. The average Bonchev–Trinajstić information content (AvgIpc) is 2.85. The second-order valence-corrected chi connectivity index (χ2v) is 10.5. The second-order valence-electron chi connectivity index (χ2n) is 7.45. The van der Waals surface area contributed by atoms with Gasteiger partial charge in [0, 0.05) is 30.0 Å². The number of nitrogens with zero attached hydrogens (tertiary/aromatic N) is 3. The predicted octanol–water partition coefficient (Wildman–Crippen LogP) is 1.30. The summed E-state index contributed by atoms with van der Waals surface area (Å²) in [6, 6.07) is 28.7. The largest absolute Gasteiger partial charge is 0.595 e. The lowest BCUT2D eigenvalue weighted by atomic mass is 10.4. The molecule has 4 aromatic rings. The quantitative estimate of drug-likeness (QED) is 0.345. The number of hydrogen-bond acceptors (Lipinski definition) is 5. The number of benzene rings is 3. The van der Waals surface area contributed by atoms with Crippen LogP contribution in [-0.2, 0) is 14.1 Å². The van der Waals surface area contributed by atoms with Gasteiger partial charge in [-0.25, -0.2) is 14.7 Å². The minimum atomic E-state index is -2.87. The highest BCUT2D eigenvalue weighted by atomic mass is 31.2. The topological polar surface area (TPSA) is 104 Å². The molecule has 0 fully saturated rings. The first kappa shape index (κ1) is 22.6. The van der Waals surface area contributed by atoms with Gasteiger partial charge in [-0.1, -0.05) is 91.0 Å². The molecular formula is C24H23N4O4P. The van der Waals surface area contributed by atoms with Crippen molar-refractivity contribution in [3.8, 4) is 0 Å². The maximum atomic E-state index is 12.8. The van der Waals surface area contributed by atoms with Crippen molar-refractivity contribution in [1.29, 1.82) is 0 Å². The van der Waals surface area contributed by atoms with Crippen LogP contribution in [0, 0.1) is 5.21 Å². The first-order valence-electron chi connectivity index (χ1n) is 10.2. The van der Waals surface area contributed by atoms with E-state index in [1.165, 1.54) is 14.1 Å². The van der Waals surface area contributed by atoms with Gasteiger partial charge in [-0.05, 0) is 0 Å². The summed E-state index contributed by atoms with van der Waals surface area (Å²) in [6.07, 6.45) is 0. The standard InChI is InChI=1S/C24H23N4O4P/c1-26-22(21(28(31)32)23(29)27(2)24(26)30)25-33(18-12-6-3-7-13-18,19-14-8-4-9-15-19)20-16-10-5-11-17-20/h3-17,28,31H,1-2H3. The van der Waals surface area contributed by atoms with Crippen molar-refractivity contribution in [3.05, 3.63) is 117 Å². The number of nitrogens with one attached hydrogen (secondary N) is 1. The van der Waals surface area contributed by atoms with E-state index >= 15 is 0 Å². The van der Waals surface area contributed by atoms with E-state index in [1.54, 1.807) is 0 Å². The van der Waals surface area contributed by atoms with Gasteiger partial charge in [-0.15, -0.1) is 0 Å². The van der Waals surface area contributed by atoms with E-state index < -0.39 is 29.2 Å². The van der Waals surface area contributed by atoms with Crippen LogP contribution >= 0.6 is 7.05 Å². The highest BCUT2D eigenvalue weighted by molar-refractivity contribution is 7.87. The van der Waals surface area contributed by atoms with Crippen LogP contribution in [0.1, 0.15) is 0 Å². The minimum absolute atomic E-state index is 0.152. The molecule has 0 amide bonds. The van der Waals surface area contributed by atoms with Crippen LogP contribution < -0.4 is 32.4 Å². The predicted molar refractivity (Wildman–Crippen MR) is 130 cm³/mol. The average molecular weight is 462 g/mol. The summed E-state index contributed by atoms with van der Waals surface area (Å²) in [6.45, 7) is 0. The highest BCUT2D eigenvalue weighted by Gasteiger charge is 2.31. The molecule has 0 aliphatic heterocycles. The second kappa shape index (κ2) is 9.13. The molecule has 1 atom stereocenters. The lowest BCUT2D eigenvalue weighted by Crippen LogP contribution is -3.00. The van der Waals surface area contributed by atoms with Gasteiger partial charge in [-0.2, -0.15) is 5.23 Å². The molecule has 2 N–H and O–H groups in total. The van der Waals surface area contributed by atoms with E-state index in [-0.39, 0.29) is 5.82 Å². The molecule has 1 heterocycles. The van der Waals surface area contributed by atoms with Gasteiger partial charge in [0.15, 0.2) is 0 Å². The van der Waals surface area contributed by atoms with Gasteiger partial charge in [0.2, 0.25) is 5.82 Å². The molecule has 0 bridgehead atoms. The van der Waals surface area contributed by atoms with Crippen LogP contribution in [0.25, 0.3) is 0 Å². The molecule has 8 nitrogen and oxygen atoms in total. The Morgan fingerprint density at radius 2 is 1.15 bits per heavy atom. The van der Waals surface area contributed by atoms with Crippen LogP contribution in [0.4, 0.5) is 11.5 Å². The van der Waals surface area contributed by atoms with Crippen molar-refractivity contribution in [2.45, 2.75) is 0 Å². The maximum absolute atomic E-state index is 12.8. The van der Waals surface area contributed by atoms with Gasteiger partial charge in [0.1, 0.15) is 0 Å². The molecule has 0 saturated carbocycles. The summed E-state index contributed by atoms with van der Waals surface area (Å²) in [7, 11) is -0.178. The van der Waals surface area contributed by atoms with Crippen LogP contribution in [0.15, 0.2) is 105 Å². The fourth-order valence-electron chi connectivity index (χ4n) is 3.83. The fraction of sp³-hybridized carbons (Fsp3) is 0.0833. The Balaban J connectivity index is 2.29. The van der Waals surface area contributed by atoms with Gasteiger partial charge >= 0.3 is 11.2 Å². The first-order valence-corrected chi connectivity index (χ1v) is 11.9. The molecule has 3 aromatic carbocycles. The number of aromatic nitrogens is 2. The highest BCUT2D eigenvalue weighted by Crippen LogP contribution is 2.49. The molecule has 0 saturated heterocycles. The Kier molecular flexibility index (Phi) is 6.26. The van der Waals surface area contributed by atoms with E-state index in [2.05, 4.69) is 0 Å². The Labute approximate surface area is 190 Å². The smallest absolute Gasteiger partial charge is 0.332 e. The lowest BCUT2D eigenvalue weighted by molar-refractivity contribution is -0.991. The van der Waals surface area contributed by atoms with E-state index in [0.717, 1.165) is 25.0 Å². The summed E-state index contributed by atoms with van der Waals surface area (Å²) >= 11 is 0. The Bertz CT molecular complexity index is 1340. The van der Waals surface area contributed by atoms with Crippen LogP contribution in [0.2, 0.25) is 0 Å². The molecule has 0 aliphatic carbocycles. The van der Waals surface area contributed by atoms with Crippen molar-refractivity contribution in [3.63, 3.8) is 0 Å². The Morgan fingerprint density at radius 1 is 0.758 bits per heavy atom. The summed E-state index contributed by atoms with van der Waals surface area (Å²) in [4.78, 5) is 25.6. The lowest BCUT2D eigenvalue weighted by Gasteiger charge is -2.27. The number of rotatable bonds is 5. The van der Waals surface area contributed by atoms with Crippen LogP contribution in [-0.4, -0.2) is 14.3 Å². The molecule has 4 rings (SSSR count). The van der Waals surface area contributed by atoms with Gasteiger partial charge < -0.3 is 5.21 Å². The van der Waals surface area contributed by atoms with Crippen molar-refractivity contribution in [2.24, 2.45) is 18.8 Å². The van der Waals surface area contributed by atoms with E-state index in [4.69, 9.17) is 4.74 Å². The zero-order valence-corrected chi connectivity index (χ0v) is 19.0. The monoisotopic (exact) mass is 462 g/mol. The zero-order valence-electron chi connectivity index (χ0n) is 18.1. The van der Waals surface area contributed by atoms with Crippen molar-refractivity contribution < 1.29 is 10.4 Å². The van der Waals surface area contributed by atoms with E-state index in [0.29, 0.717) is 0 Å². The van der Waals surface area contributed by atoms with Crippen molar-refractivity contribution in [1.82, 2.24) is 9.13 Å². The summed E-state index contributed by atoms with van der Waals surface area (Å²) in [5, 5.41) is 23.3. The molecular weight excluding hydrogens is 439 g/mol. The SMILES string of the molecule is Cn1c(N=P(c2ccccc2)(c2ccccc2)c2ccccc2)c([NH+]([O-])O)c(=O)n(C)c1=O.